The Morgan fingerprint density at radius 1 is 1.15 bits per heavy atom. The Morgan fingerprint density at radius 2 is 1.95 bits per heavy atom. The highest BCUT2D eigenvalue weighted by Crippen LogP contribution is 2.20. The fourth-order valence-electron chi connectivity index (χ4n) is 2.08. The van der Waals surface area contributed by atoms with E-state index >= 15 is 0 Å². The van der Waals surface area contributed by atoms with Crippen LogP contribution in [0.25, 0.3) is 5.69 Å². The summed E-state index contributed by atoms with van der Waals surface area (Å²) in [5.41, 5.74) is 2.99. The zero-order valence-electron chi connectivity index (χ0n) is 11.6. The average Bonchev–Trinajstić information content (AvgIpc) is 3.06. The van der Waals surface area contributed by atoms with Crippen molar-refractivity contribution in [3.8, 4) is 5.69 Å². The van der Waals surface area contributed by atoms with Crippen LogP contribution in [0.3, 0.4) is 0 Å². The van der Waals surface area contributed by atoms with Gasteiger partial charge in [0.15, 0.2) is 0 Å². The molecule has 0 amide bonds. The molecule has 1 N–H and O–H groups in total. The third kappa shape index (κ3) is 2.42. The third-order valence-electron chi connectivity index (χ3n) is 3.08. The summed E-state index contributed by atoms with van der Waals surface area (Å²) >= 11 is 0. The molecule has 0 unspecified atom stereocenters. The predicted octanol–water partition coefficient (Wildman–Crippen LogP) is 3.14. The van der Waals surface area contributed by atoms with Crippen LogP contribution in [0.2, 0.25) is 0 Å². The first kappa shape index (κ1) is 12.5. The quantitative estimate of drug-likeness (QED) is 0.790. The Labute approximate surface area is 117 Å². The van der Waals surface area contributed by atoms with E-state index in [0.29, 0.717) is 0 Å². The van der Waals surface area contributed by atoms with E-state index in [1.54, 1.807) is 0 Å². The molecule has 0 spiro atoms. The number of aromatic nitrogens is 4. The summed E-state index contributed by atoms with van der Waals surface area (Å²) < 4.78 is 3.92. The van der Waals surface area contributed by atoms with Crippen LogP contribution < -0.4 is 5.32 Å². The summed E-state index contributed by atoms with van der Waals surface area (Å²) in [5, 5.41) is 7.64. The lowest BCUT2D eigenvalue weighted by atomic mass is 10.3. The average molecular weight is 267 g/mol. The van der Waals surface area contributed by atoms with E-state index < -0.39 is 0 Å². The minimum absolute atomic E-state index is 0.796. The normalized spacial score (nSPS) is 10.7. The van der Waals surface area contributed by atoms with Crippen molar-refractivity contribution in [3.05, 3.63) is 54.6 Å². The van der Waals surface area contributed by atoms with Gasteiger partial charge in [0.1, 0.15) is 0 Å². The summed E-state index contributed by atoms with van der Waals surface area (Å²) in [7, 11) is 0. The molecule has 20 heavy (non-hydrogen) atoms. The van der Waals surface area contributed by atoms with Crippen LogP contribution in [-0.4, -0.2) is 19.3 Å². The molecule has 5 heteroatoms. The molecule has 0 aliphatic heterocycles. The van der Waals surface area contributed by atoms with Gasteiger partial charge in [-0.2, -0.15) is 5.10 Å². The molecule has 0 radical (unpaired) electrons. The van der Waals surface area contributed by atoms with Gasteiger partial charge in [-0.15, -0.1) is 0 Å². The SMILES string of the molecule is CCn1cc(-n2cc(C)nc2Nc2ccccc2)cn1. The Kier molecular flexibility index (Phi) is 3.25. The summed E-state index contributed by atoms with van der Waals surface area (Å²) in [4.78, 5) is 4.53. The first-order chi connectivity index (χ1) is 9.76. The van der Waals surface area contributed by atoms with Gasteiger partial charge in [0.25, 0.3) is 0 Å². The van der Waals surface area contributed by atoms with E-state index in [0.717, 1.165) is 29.6 Å². The molecule has 0 saturated carbocycles. The Morgan fingerprint density at radius 3 is 2.65 bits per heavy atom. The lowest BCUT2D eigenvalue weighted by molar-refractivity contribution is 0.659. The molecule has 0 atom stereocenters. The fraction of sp³-hybridized carbons (Fsp3) is 0.200. The van der Waals surface area contributed by atoms with Crippen LogP contribution in [0.15, 0.2) is 48.9 Å². The van der Waals surface area contributed by atoms with Crippen LogP contribution in [0.5, 0.6) is 0 Å². The van der Waals surface area contributed by atoms with Crippen molar-refractivity contribution in [3.63, 3.8) is 0 Å². The Hall–Kier alpha value is -2.56. The number of hydrogen-bond donors (Lipinski definition) is 1. The number of nitrogens with zero attached hydrogens (tertiary/aromatic N) is 4. The second-order valence-electron chi connectivity index (χ2n) is 4.62. The van der Waals surface area contributed by atoms with Gasteiger partial charge in [0.2, 0.25) is 5.95 Å². The maximum atomic E-state index is 4.53. The largest absolute Gasteiger partial charge is 0.325 e. The van der Waals surface area contributed by atoms with Gasteiger partial charge in [-0.05, 0) is 26.0 Å². The number of para-hydroxylation sites is 1. The summed E-state index contributed by atoms with van der Waals surface area (Å²) in [6.45, 7) is 4.91. The predicted molar refractivity (Wildman–Crippen MR) is 79.5 cm³/mol. The van der Waals surface area contributed by atoms with Gasteiger partial charge in [-0.25, -0.2) is 4.98 Å². The molecule has 2 heterocycles. The molecular weight excluding hydrogens is 250 g/mol. The van der Waals surface area contributed by atoms with E-state index in [2.05, 4.69) is 22.3 Å². The number of aryl methyl sites for hydroxylation is 2. The van der Waals surface area contributed by atoms with Crippen LogP contribution in [0, 0.1) is 6.92 Å². The fourth-order valence-corrected chi connectivity index (χ4v) is 2.08. The van der Waals surface area contributed by atoms with Gasteiger partial charge < -0.3 is 5.32 Å². The highest BCUT2D eigenvalue weighted by molar-refractivity contribution is 5.55. The van der Waals surface area contributed by atoms with Crippen LogP contribution in [-0.2, 0) is 6.54 Å². The number of hydrogen-bond acceptors (Lipinski definition) is 3. The van der Waals surface area contributed by atoms with Gasteiger partial charge in [0.05, 0.1) is 17.6 Å². The summed E-state index contributed by atoms with van der Waals surface area (Å²) in [6.07, 6.45) is 5.86. The number of imidazole rings is 1. The van der Waals surface area contributed by atoms with E-state index in [4.69, 9.17) is 0 Å². The number of anilines is 2. The second-order valence-corrected chi connectivity index (χ2v) is 4.62. The molecule has 2 aromatic heterocycles. The maximum absolute atomic E-state index is 4.53. The monoisotopic (exact) mass is 267 g/mol. The molecule has 5 nitrogen and oxygen atoms in total. The van der Waals surface area contributed by atoms with Crippen LogP contribution in [0.1, 0.15) is 12.6 Å². The highest BCUT2D eigenvalue weighted by atomic mass is 15.3. The first-order valence-electron chi connectivity index (χ1n) is 6.67. The molecule has 3 rings (SSSR count). The van der Waals surface area contributed by atoms with E-state index in [1.807, 2.05) is 65.1 Å². The summed E-state index contributed by atoms with van der Waals surface area (Å²) in [6, 6.07) is 10.0. The third-order valence-corrected chi connectivity index (χ3v) is 3.08. The van der Waals surface area contributed by atoms with Crippen molar-refractivity contribution in [2.24, 2.45) is 0 Å². The molecule has 0 bridgehead atoms. The van der Waals surface area contributed by atoms with Crippen molar-refractivity contribution in [1.29, 1.82) is 0 Å². The van der Waals surface area contributed by atoms with Crippen molar-refractivity contribution in [1.82, 2.24) is 19.3 Å². The van der Waals surface area contributed by atoms with Crippen LogP contribution in [0.4, 0.5) is 11.6 Å². The van der Waals surface area contributed by atoms with Crippen LogP contribution >= 0.6 is 0 Å². The van der Waals surface area contributed by atoms with E-state index in [1.165, 1.54) is 0 Å². The number of nitrogens with one attached hydrogen (secondary N) is 1. The number of benzene rings is 1. The second kappa shape index (κ2) is 5.21. The van der Waals surface area contributed by atoms with Gasteiger partial charge >= 0.3 is 0 Å². The molecular formula is C15H17N5. The standard InChI is InChI=1S/C15H17N5/c1-3-19-11-14(9-16-19)20-10-12(2)17-15(20)18-13-7-5-4-6-8-13/h4-11H,3H2,1-2H3,(H,17,18). The molecule has 0 aliphatic rings. The molecule has 0 saturated heterocycles. The van der Waals surface area contributed by atoms with E-state index in [9.17, 15) is 0 Å². The van der Waals surface area contributed by atoms with Crippen molar-refractivity contribution < 1.29 is 0 Å². The van der Waals surface area contributed by atoms with Gasteiger partial charge in [0, 0.05) is 24.6 Å². The van der Waals surface area contributed by atoms with Gasteiger partial charge in [-0.3, -0.25) is 9.25 Å². The van der Waals surface area contributed by atoms with Gasteiger partial charge in [-0.1, -0.05) is 18.2 Å². The Bertz CT molecular complexity index is 696. The minimum Gasteiger partial charge on any atom is -0.325 e. The number of rotatable bonds is 4. The molecule has 0 fully saturated rings. The summed E-state index contributed by atoms with van der Waals surface area (Å²) in [5.74, 6) is 0.796. The zero-order chi connectivity index (χ0) is 13.9. The Balaban J connectivity index is 1.95. The zero-order valence-corrected chi connectivity index (χ0v) is 11.6. The molecule has 1 aromatic carbocycles. The lowest BCUT2D eigenvalue weighted by Crippen LogP contribution is -2.00. The maximum Gasteiger partial charge on any atom is 0.212 e. The molecule has 3 aromatic rings. The molecule has 0 aliphatic carbocycles. The van der Waals surface area contributed by atoms with Crippen molar-refractivity contribution in [2.75, 3.05) is 5.32 Å². The van der Waals surface area contributed by atoms with Crippen molar-refractivity contribution >= 4 is 11.6 Å². The minimum atomic E-state index is 0.796. The van der Waals surface area contributed by atoms with Crippen molar-refractivity contribution in [2.45, 2.75) is 20.4 Å². The lowest BCUT2D eigenvalue weighted by Gasteiger charge is -2.07. The first-order valence-corrected chi connectivity index (χ1v) is 6.67. The topological polar surface area (TPSA) is 47.7 Å². The van der Waals surface area contributed by atoms with E-state index in [-0.39, 0.29) is 0 Å². The highest BCUT2D eigenvalue weighted by Gasteiger charge is 2.09. The smallest absolute Gasteiger partial charge is 0.212 e. The molecule has 102 valence electrons.